The van der Waals surface area contributed by atoms with Crippen LogP contribution in [0.5, 0.6) is 0 Å². The van der Waals surface area contributed by atoms with Gasteiger partial charge in [0.25, 0.3) is 0 Å². The Morgan fingerprint density at radius 1 is 1.20 bits per heavy atom. The van der Waals surface area contributed by atoms with E-state index in [0.29, 0.717) is 30.9 Å². The Kier molecular flexibility index (Phi) is 5.10. The summed E-state index contributed by atoms with van der Waals surface area (Å²) in [4.78, 5) is 6.94. The molecule has 1 saturated carbocycles. The first-order valence-electron chi connectivity index (χ1n) is 9.29. The van der Waals surface area contributed by atoms with Gasteiger partial charge in [-0.1, -0.05) is 41.9 Å². The third-order valence-corrected chi connectivity index (χ3v) is 5.37. The van der Waals surface area contributed by atoms with Crippen LogP contribution in [-0.4, -0.2) is 51.4 Å². The highest BCUT2D eigenvalue weighted by Crippen LogP contribution is 2.27. The molecule has 2 aromatic rings. The maximum absolute atomic E-state index is 9.78. The van der Waals surface area contributed by atoms with Crippen LogP contribution in [0.25, 0.3) is 0 Å². The van der Waals surface area contributed by atoms with Gasteiger partial charge in [-0.2, -0.15) is 4.98 Å². The molecule has 0 radical (unpaired) electrons. The molecule has 6 heteroatoms. The molecule has 134 valence electrons. The Morgan fingerprint density at radius 3 is 2.88 bits per heavy atom. The fraction of sp³-hybridized carbons (Fsp3) is 0.579. The average Bonchev–Trinajstić information content (AvgIpc) is 3.34. The quantitative estimate of drug-likeness (QED) is 0.833. The molecule has 1 aromatic carbocycles. The lowest BCUT2D eigenvalue weighted by Gasteiger charge is -2.29. The first kappa shape index (κ1) is 16.7. The molecule has 1 unspecified atom stereocenters. The summed E-state index contributed by atoms with van der Waals surface area (Å²) in [7, 11) is 0. The second-order valence-electron chi connectivity index (χ2n) is 7.19. The van der Waals surface area contributed by atoms with E-state index in [0.717, 1.165) is 25.3 Å². The van der Waals surface area contributed by atoms with Crippen molar-refractivity contribution in [2.45, 2.75) is 56.8 Å². The van der Waals surface area contributed by atoms with Crippen molar-refractivity contribution in [2.24, 2.45) is 0 Å². The molecule has 25 heavy (non-hydrogen) atoms. The number of likely N-dealkylation sites (tertiary alicyclic amines) is 1. The van der Waals surface area contributed by atoms with E-state index in [2.05, 4.69) is 32.5 Å². The van der Waals surface area contributed by atoms with Crippen molar-refractivity contribution in [1.82, 2.24) is 20.4 Å². The monoisotopic (exact) mass is 342 g/mol. The van der Waals surface area contributed by atoms with Gasteiger partial charge in [-0.3, -0.25) is 4.90 Å². The lowest BCUT2D eigenvalue weighted by atomic mass is 10.1. The van der Waals surface area contributed by atoms with E-state index in [1.165, 1.54) is 24.8 Å². The van der Waals surface area contributed by atoms with Crippen molar-refractivity contribution in [1.29, 1.82) is 0 Å². The molecule has 2 aliphatic rings. The number of aliphatic hydroxyl groups is 1. The standard InChI is InChI=1S/C19H26N4O2/c24-15-9-10-23(13-15)17-8-4-7-16(17)20-12-19-21-18(22-25-19)11-14-5-2-1-3-6-14/h1-3,5-6,15-17,20,24H,4,7-13H2/t15?,16-,17+/m1/s1. The number of hydrogen-bond donors (Lipinski definition) is 2. The van der Waals surface area contributed by atoms with Gasteiger partial charge < -0.3 is 14.9 Å². The molecule has 4 rings (SSSR count). The maximum atomic E-state index is 9.78. The SMILES string of the molecule is OC1CCN([C@H]2CCC[C@H]2NCc2nc(Cc3ccccc3)no2)C1. The summed E-state index contributed by atoms with van der Waals surface area (Å²) < 4.78 is 5.40. The Morgan fingerprint density at radius 2 is 2.08 bits per heavy atom. The zero-order valence-corrected chi connectivity index (χ0v) is 14.5. The van der Waals surface area contributed by atoms with E-state index in [4.69, 9.17) is 4.52 Å². The van der Waals surface area contributed by atoms with Crippen molar-refractivity contribution in [2.75, 3.05) is 13.1 Å². The summed E-state index contributed by atoms with van der Waals surface area (Å²) in [6, 6.07) is 11.1. The van der Waals surface area contributed by atoms with Gasteiger partial charge >= 0.3 is 0 Å². The number of aromatic nitrogens is 2. The highest BCUT2D eigenvalue weighted by molar-refractivity contribution is 5.18. The molecule has 1 aliphatic carbocycles. The molecule has 3 atom stereocenters. The van der Waals surface area contributed by atoms with E-state index in [1.54, 1.807) is 0 Å². The van der Waals surface area contributed by atoms with Gasteiger partial charge in [0.15, 0.2) is 5.82 Å². The minimum atomic E-state index is -0.155. The van der Waals surface area contributed by atoms with E-state index in [-0.39, 0.29) is 6.10 Å². The highest BCUT2D eigenvalue weighted by Gasteiger charge is 2.35. The van der Waals surface area contributed by atoms with Gasteiger partial charge in [0.2, 0.25) is 5.89 Å². The van der Waals surface area contributed by atoms with Crippen LogP contribution >= 0.6 is 0 Å². The minimum Gasteiger partial charge on any atom is -0.392 e. The zero-order chi connectivity index (χ0) is 17.1. The van der Waals surface area contributed by atoms with Gasteiger partial charge in [0.1, 0.15) is 0 Å². The van der Waals surface area contributed by atoms with E-state index in [9.17, 15) is 5.11 Å². The van der Waals surface area contributed by atoms with Crippen molar-refractivity contribution < 1.29 is 9.63 Å². The van der Waals surface area contributed by atoms with Gasteiger partial charge in [-0.25, -0.2) is 0 Å². The van der Waals surface area contributed by atoms with Crippen LogP contribution in [0.4, 0.5) is 0 Å². The smallest absolute Gasteiger partial charge is 0.240 e. The van der Waals surface area contributed by atoms with Crippen LogP contribution in [0.3, 0.4) is 0 Å². The molecule has 2 N–H and O–H groups in total. The first-order chi connectivity index (χ1) is 12.3. The molecule has 1 aromatic heterocycles. The van der Waals surface area contributed by atoms with Crippen LogP contribution in [0.15, 0.2) is 34.9 Å². The number of nitrogens with zero attached hydrogens (tertiary/aromatic N) is 3. The van der Waals surface area contributed by atoms with Crippen molar-refractivity contribution in [3.05, 3.63) is 47.6 Å². The van der Waals surface area contributed by atoms with E-state index in [1.807, 2.05) is 18.2 Å². The number of aliphatic hydroxyl groups excluding tert-OH is 1. The summed E-state index contributed by atoms with van der Waals surface area (Å²) in [6.07, 6.45) is 5.05. The van der Waals surface area contributed by atoms with Crippen LogP contribution < -0.4 is 5.32 Å². The predicted molar refractivity (Wildman–Crippen MR) is 94.0 cm³/mol. The van der Waals surface area contributed by atoms with Crippen LogP contribution in [0.1, 0.15) is 43.0 Å². The Labute approximate surface area is 148 Å². The van der Waals surface area contributed by atoms with Crippen molar-refractivity contribution in [3.63, 3.8) is 0 Å². The maximum Gasteiger partial charge on any atom is 0.240 e. The molecule has 1 aliphatic heterocycles. The molecule has 2 heterocycles. The minimum absolute atomic E-state index is 0.155. The lowest BCUT2D eigenvalue weighted by Crippen LogP contribution is -2.46. The zero-order valence-electron chi connectivity index (χ0n) is 14.5. The Bertz CT molecular complexity index is 675. The molecule has 0 bridgehead atoms. The lowest BCUT2D eigenvalue weighted by molar-refractivity contribution is 0.149. The van der Waals surface area contributed by atoms with Gasteiger partial charge in [0.05, 0.1) is 12.6 Å². The van der Waals surface area contributed by atoms with Gasteiger partial charge in [0, 0.05) is 31.6 Å². The largest absolute Gasteiger partial charge is 0.392 e. The second-order valence-corrected chi connectivity index (χ2v) is 7.19. The fourth-order valence-electron chi connectivity index (χ4n) is 4.12. The molecular formula is C19H26N4O2. The number of benzene rings is 1. The number of rotatable bonds is 6. The highest BCUT2D eigenvalue weighted by atomic mass is 16.5. The Hall–Kier alpha value is -1.76. The molecule has 6 nitrogen and oxygen atoms in total. The molecular weight excluding hydrogens is 316 g/mol. The summed E-state index contributed by atoms with van der Waals surface area (Å²) >= 11 is 0. The summed E-state index contributed by atoms with van der Waals surface area (Å²) in [5, 5.41) is 17.5. The van der Waals surface area contributed by atoms with Crippen molar-refractivity contribution >= 4 is 0 Å². The van der Waals surface area contributed by atoms with Crippen LogP contribution in [0, 0.1) is 0 Å². The summed E-state index contributed by atoms with van der Waals surface area (Å²) in [5.41, 5.74) is 1.19. The third-order valence-electron chi connectivity index (χ3n) is 5.37. The average molecular weight is 342 g/mol. The topological polar surface area (TPSA) is 74.4 Å². The van der Waals surface area contributed by atoms with E-state index < -0.39 is 0 Å². The van der Waals surface area contributed by atoms with Gasteiger partial charge in [-0.15, -0.1) is 0 Å². The van der Waals surface area contributed by atoms with Crippen LogP contribution in [-0.2, 0) is 13.0 Å². The van der Waals surface area contributed by atoms with Gasteiger partial charge in [-0.05, 0) is 24.8 Å². The van der Waals surface area contributed by atoms with Crippen LogP contribution in [0.2, 0.25) is 0 Å². The van der Waals surface area contributed by atoms with Crippen molar-refractivity contribution in [3.8, 4) is 0 Å². The predicted octanol–water partition coefficient (Wildman–Crippen LogP) is 1.74. The molecule has 0 amide bonds. The number of hydrogen-bond acceptors (Lipinski definition) is 6. The molecule has 2 fully saturated rings. The summed E-state index contributed by atoms with van der Waals surface area (Å²) in [6.45, 7) is 2.43. The van der Waals surface area contributed by atoms with E-state index >= 15 is 0 Å². The summed E-state index contributed by atoms with van der Waals surface area (Å²) in [5.74, 6) is 1.38. The third kappa shape index (κ3) is 4.08. The molecule has 0 spiro atoms. The Balaban J connectivity index is 1.31. The first-order valence-corrected chi connectivity index (χ1v) is 9.29. The second kappa shape index (κ2) is 7.64. The normalized spacial score (nSPS) is 27.2. The number of nitrogens with one attached hydrogen (secondary N) is 1. The fourth-order valence-corrected chi connectivity index (χ4v) is 4.12. The number of β-amino-alcohol motifs (C(OH)–C–C–N with tert-alkyl or cyclic N) is 1. The molecule has 1 saturated heterocycles.